The molecule has 2 atom stereocenters. The Hall–Kier alpha value is -1.59. The zero-order valence-corrected chi connectivity index (χ0v) is 10.1. The summed E-state index contributed by atoms with van der Waals surface area (Å²) in [6.45, 7) is 2.96. The van der Waals surface area contributed by atoms with Crippen LogP contribution < -0.4 is 11.1 Å². The number of carbonyl (C=O) groups excluding carboxylic acids is 1. The van der Waals surface area contributed by atoms with E-state index < -0.39 is 0 Å². The number of carbonyl (C=O) groups is 1. The highest BCUT2D eigenvalue weighted by Crippen LogP contribution is 2.28. The average Bonchev–Trinajstić information content (AvgIpc) is 2.74. The number of hydrogen-bond donors (Lipinski definition) is 3. The Morgan fingerprint density at radius 1 is 1.53 bits per heavy atom. The van der Waals surface area contributed by atoms with E-state index in [4.69, 9.17) is 5.73 Å². The van der Waals surface area contributed by atoms with Gasteiger partial charge in [-0.2, -0.15) is 4.98 Å². The minimum Gasteiger partial charge on any atom is -0.366 e. The minimum atomic E-state index is -0.230. The van der Waals surface area contributed by atoms with E-state index >= 15 is 0 Å². The second kappa shape index (κ2) is 5.16. The smallest absolute Gasteiger partial charge is 0.288 e. The van der Waals surface area contributed by atoms with E-state index in [1.165, 1.54) is 25.7 Å². The highest BCUT2D eigenvalue weighted by molar-refractivity contribution is 5.90. The van der Waals surface area contributed by atoms with Gasteiger partial charge in [0.05, 0.1) is 0 Å². The van der Waals surface area contributed by atoms with Crippen LogP contribution >= 0.6 is 0 Å². The minimum absolute atomic E-state index is 0.0983. The lowest BCUT2D eigenvalue weighted by Crippen LogP contribution is -2.33. The molecule has 6 nitrogen and oxygen atoms in total. The third kappa shape index (κ3) is 2.95. The van der Waals surface area contributed by atoms with Crippen LogP contribution in [0.4, 0.5) is 5.95 Å². The van der Waals surface area contributed by atoms with Crippen LogP contribution in [0.15, 0.2) is 0 Å². The normalized spacial score (nSPS) is 24.5. The van der Waals surface area contributed by atoms with Crippen molar-refractivity contribution in [3.8, 4) is 0 Å². The van der Waals surface area contributed by atoms with Gasteiger partial charge in [-0.05, 0) is 18.3 Å². The third-order valence-electron chi connectivity index (χ3n) is 3.53. The summed E-state index contributed by atoms with van der Waals surface area (Å²) in [5, 5.41) is 9.02. The van der Waals surface area contributed by atoms with Gasteiger partial charge in [0.15, 0.2) is 0 Å². The molecule has 17 heavy (non-hydrogen) atoms. The van der Waals surface area contributed by atoms with Crippen molar-refractivity contribution in [2.45, 2.75) is 32.6 Å². The molecule has 1 aliphatic rings. The zero-order chi connectivity index (χ0) is 12.3. The van der Waals surface area contributed by atoms with Gasteiger partial charge in [0.1, 0.15) is 0 Å². The number of aromatic nitrogens is 3. The maximum Gasteiger partial charge on any atom is 0.288 e. The number of anilines is 1. The Morgan fingerprint density at radius 3 is 2.94 bits per heavy atom. The van der Waals surface area contributed by atoms with Gasteiger partial charge in [0, 0.05) is 6.54 Å². The average molecular weight is 237 g/mol. The van der Waals surface area contributed by atoms with Gasteiger partial charge in [0.2, 0.25) is 11.8 Å². The molecule has 1 fully saturated rings. The molecule has 0 aromatic carbocycles. The molecule has 2 unspecified atom stereocenters. The first-order valence-electron chi connectivity index (χ1n) is 6.13. The van der Waals surface area contributed by atoms with Crippen molar-refractivity contribution in [3.05, 3.63) is 5.82 Å². The topological polar surface area (TPSA) is 96.7 Å². The second-order valence-corrected chi connectivity index (χ2v) is 4.77. The van der Waals surface area contributed by atoms with Gasteiger partial charge in [-0.3, -0.25) is 9.89 Å². The summed E-state index contributed by atoms with van der Waals surface area (Å²) >= 11 is 0. The van der Waals surface area contributed by atoms with Crippen LogP contribution in [-0.2, 0) is 0 Å². The van der Waals surface area contributed by atoms with Crippen LogP contribution in [0, 0.1) is 11.8 Å². The fourth-order valence-electron chi connectivity index (χ4n) is 2.38. The van der Waals surface area contributed by atoms with Crippen molar-refractivity contribution in [1.82, 2.24) is 20.5 Å². The molecule has 1 amide bonds. The molecule has 1 aliphatic carbocycles. The number of nitrogens with zero attached hydrogens (tertiary/aromatic N) is 2. The van der Waals surface area contributed by atoms with Crippen LogP contribution in [0.2, 0.25) is 0 Å². The first kappa shape index (κ1) is 11.9. The summed E-state index contributed by atoms with van der Waals surface area (Å²) in [4.78, 5) is 15.5. The number of hydrogen-bond acceptors (Lipinski definition) is 4. The quantitative estimate of drug-likeness (QED) is 0.729. The highest BCUT2D eigenvalue weighted by Gasteiger charge is 2.22. The summed E-state index contributed by atoms with van der Waals surface area (Å²) in [7, 11) is 0. The maximum absolute atomic E-state index is 11.7. The number of aromatic amines is 1. The van der Waals surface area contributed by atoms with Gasteiger partial charge in [0.25, 0.3) is 5.91 Å². The van der Waals surface area contributed by atoms with E-state index in [2.05, 4.69) is 27.4 Å². The standard InChI is InChI=1S/C11H19N5O/c1-7-4-2-3-5-8(7)6-13-10(17)9-14-11(12)16-15-9/h7-8H,2-6H2,1H3,(H,13,17)(H3,12,14,15,16). The predicted molar refractivity (Wildman–Crippen MR) is 64.3 cm³/mol. The van der Waals surface area contributed by atoms with Crippen molar-refractivity contribution >= 4 is 11.9 Å². The Bertz CT molecular complexity index is 389. The van der Waals surface area contributed by atoms with E-state index in [9.17, 15) is 4.79 Å². The lowest BCUT2D eigenvalue weighted by molar-refractivity contribution is 0.0926. The Balaban J connectivity index is 1.83. The molecule has 0 radical (unpaired) electrons. The number of H-pyrrole nitrogens is 1. The molecule has 0 aliphatic heterocycles. The second-order valence-electron chi connectivity index (χ2n) is 4.77. The summed E-state index contributed by atoms with van der Waals surface area (Å²) in [6, 6.07) is 0. The van der Waals surface area contributed by atoms with Crippen molar-refractivity contribution in [2.75, 3.05) is 12.3 Å². The molecular weight excluding hydrogens is 218 g/mol. The molecular formula is C11H19N5O. The first-order valence-corrected chi connectivity index (χ1v) is 6.13. The molecule has 4 N–H and O–H groups in total. The molecule has 0 spiro atoms. The summed E-state index contributed by atoms with van der Waals surface area (Å²) < 4.78 is 0. The predicted octanol–water partition coefficient (Wildman–Crippen LogP) is 0.943. The molecule has 1 aromatic rings. The summed E-state index contributed by atoms with van der Waals surface area (Å²) in [5.74, 6) is 1.32. The van der Waals surface area contributed by atoms with Crippen LogP contribution in [0.25, 0.3) is 0 Å². The van der Waals surface area contributed by atoms with Crippen molar-refractivity contribution in [3.63, 3.8) is 0 Å². The number of amides is 1. The molecule has 1 saturated carbocycles. The molecule has 1 heterocycles. The van der Waals surface area contributed by atoms with Crippen molar-refractivity contribution in [1.29, 1.82) is 0 Å². The lowest BCUT2D eigenvalue weighted by Gasteiger charge is -2.28. The lowest BCUT2D eigenvalue weighted by atomic mass is 9.80. The van der Waals surface area contributed by atoms with Crippen LogP contribution in [-0.4, -0.2) is 27.6 Å². The Labute approximate surface area is 100 Å². The first-order chi connectivity index (χ1) is 8.16. The summed E-state index contributed by atoms with van der Waals surface area (Å²) in [6.07, 6.45) is 5.03. The van der Waals surface area contributed by atoms with Gasteiger partial charge in [-0.1, -0.05) is 26.2 Å². The fourth-order valence-corrected chi connectivity index (χ4v) is 2.38. The SMILES string of the molecule is CC1CCCCC1CNC(=O)c1nc(N)n[nH]1. The van der Waals surface area contributed by atoms with Gasteiger partial charge in [-0.15, -0.1) is 5.10 Å². The Morgan fingerprint density at radius 2 is 2.29 bits per heavy atom. The summed E-state index contributed by atoms with van der Waals surface area (Å²) in [5.41, 5.74) is 5.34. The molecule has 6 heteroatoms. The number of nitrogens with one attached hydrogen (secondary N) is 2. The maximum atomic E-state index is 11.7. The van der Waals surface area contributed by atoms with E-state index in [-0.39, 0.29) is 17.7 Å². The van der Waals surface area contributed by atoms with E-state index in [0.717, 1.165) is 0 Å². The monoisotopic (exact) mass is 237 g/mol. The Kier molecular flexibility index (Phi) is 3.61. The molecule has 0 bridgehead atoms. The molecule has 1 aromatic heterocycles. The molecule has 94 valence electrons. The van der Waals surface area contributed by atoms with Gasteiger partial charge >= 0.3 is 0 Å². The zero-order valence-electron chi connectivity index (χ0n) is 10.1. The molecule has 0 saturated heterocycles. The van der Waals surface area contributed by atoms with Crippen LogP contribution in [0.1, 0.15) is 43.2 Å². The third-order valence-corrected chi connectivity index (χ3v) is 3.53. The van der Waals surface area contributed by atoms with E-state index in [1.807, 2.05) is 0 Å². The van der Waals surface area contributed by atoms with Gasteiger partial charge < -0.3 is 11.1 Å². The molecule has 2 rings (SSSR count). The largest absolute Gasteiger partial charge is 0.366 e. The van der Waals surface area contributed by atoms with Gasteiger partial charge in [-0.25, -0.2) is 0 Å². The van der Waals surface area contributed by atoms with E-state index in [1.54, 1.807) is 0 Å². The fraction of sp³-hybridized carbons (Fsp3) is 0.727. The number of rotatable bonds is 3. The number of nitrogen functional groups attached to an aromatic ring is 1. The highest BCUT2D eigenvalue weighted by atomic mass is 16.2. The number of nitrogens with two attached hydrogens (primary N) is 1. The van der Waals surface area contributed by atoms with Crippen molar-refractivity contribution < 1.29 is 4.79 Å². The van der Waals surface area contributed by atoms with Crippen LogP contribution in [0.5, 0.6) is 0 Å². The van der Waals surface area contributed by atoms with Crippen LogP contribution in [0.3, 0.4) is 0 Å². The van der Waals surface area contributed by atoms with E-state index in [0.29, 0.717) is 18.4 Å². The van der Waals surface area contributed by atoms with Crippen molar-refractivity contribution in [2.24, 2.45) is 11.8 Å².